The lowest BCUT2D eigenvalue weighted by molar-refractivity contribution is 0.388. The van der Waals surface area contributed by atoms with Gasteiger partial charge in [-0.2, -0.15) is 0 Å². The number of nitrogens with one attached hydrogen (secondary N) is 1. The number of aromatic amines is 1. The van der Waals surface area contributed by atoms with Crippen LogP contribution in [-0.4, -0.2) is 14.7 Å². The highest BCUT2D eigenvalue weighted by molar-refractivity contribution is 7.71. The number of rotatable bonds is 2. The van der Waals surface area contributed by atoms with E-state index in [0.29, 0.717) is 28.2 Å². The third-order valence-electron chi connectivity index (χ3n) is 3.31. The molecule has 0 unspecified atom stereocenters. The molecule has 0 radical (unpaired) electrons. The summed E-state index contributed by atoms with van der Waals surface area (Å²) in [6.07, 6.45) is 0. The molecule has 20 heavy (non-hydrogen) atoms. The van der Waals surface area contributed by atoms with Gasteiger partial charge in [-0.15, -0.1) is 11.3 Å². The fourth-order valence-electron chi connectivity index (χ4n) is 2.16. The van der Waals surface area contributed by atoms with Crippen LogP contribution in [0.4, 0.5) is 0 Å². The minimum Gasteiger partial charge on any atom is -0.361 e. The molecular weight excluding hydrogens is 294 g/mol. The summed E-state index contributed by atoms with van der Waals surface area (Å²) in [4.78, 5) is 17.7. The monoisotopic (exact) mass is 307 g/mol. The Morgan fingerprint density at radius 3 is 2.85 bits per heavy atom. The number of aromatic nitrogens is 3. The van der Waals surface area contributed by atoms with E-state index in [1.54, 1.807) is 17.4 Å². The standard InChI is InChI=1S/C13H13N3O2S2/c1-6-4-9(15-18-6)5-16-12(17)10-7(2)8(3)20-11(10)14-13(16)19/h4H,5H2,1-3H3,(H,14,19). The molecule has 0 atom stereocenters. The van der Waals surface area contributed by atoms with E-state index in [0.717, 1.165) is 15.3 Å². The van der Waals surface area contributed by atoms with Crippen molar-refractivity contribution in [3.05, 3.63) is 43.1 Å². The molecule has 7 heteroatoms. The molecule has 3 aromatic heterocycles. The van der Waals surface area contributed by atoms with Gasteiger partial charge in [-0.1, -0.05) is 5.16 Å². The van der Waals surface area contributed by atoms with Gasteiger partial charge in [-0.3, -0.25) is 9.36 Å². The van der Waals surface area contributed by atoms with Crippen LogP contribution in [0.1, 0.15) is 21.9 Å². The number of fused-ring (bicyclic) bond motifs is 1. The van der Waals surface area contributed by atoms with Crippen LogP contribution in [-0.2, 0) is 6.54 Å². The Balaban J connectivity index is 2.23. The van der Waals surface area contributed by atoms with Gasteiger partial charge in [0.25, 0.3) is 5.56 Å². The summed E-state index contributed by atoms with van der Waals surface area (Å²) < 4.78 is 6.95. The molecule has 3 rings (SSSR count). The first-order chi connectivity index (χ1) is 9.47. The topological polar surface area (TPSA) is 63.8 Å². The van der Waals surface area contributed by atoms with E-state index < -0.39 is 0 Å². The van der Waals surface area contributed by atoms with Gasteiger partial charge in [0.1, 0.15) is 16.3 Å². The first-order valence-electron chi connectivity index (χ1n) is 6.12. The second-order valence-corrected chi connectivity index (χ2v) is 6.35. The van der Waals surface area contributed by atoms with E-state index >= 15 is 0 Å². The lowest BCUT2D eigenvalue weighted by atomic mass is 10.2. The van der Waals surface area contributed by atoms with E-state index in [1.807, 2.05) is 20.8 Å². The van der Waals surface area contributed by atoms with Gasteiger partial charge in [0.15, 0.2) is 4.77 Å². The SMILES string of the molecule is Cc1cc(Cn2c(=S)[nH]c3sc(C)c(C)c3c2=O)no1. The van der Waals surface area contributed by atoms with Gasteiger partial charge in [0.05, 0.1) is 11.9 Å². The Morgan fingerprint density at radius 2 is 2.20 bits per heavy atom. The number of aryl methyl sites for hydroxylation is 3. The molecule has 5 nitrogen and oxygen atoms in total. The second-order valence-electron chi connectivity index (χ2n) is 4.74. The van der Waals surface area contributed by atoms with Crippen molar-refractivity contribution >= 4 is 33.8 Å². The molecule has 0 aliphatic rings. The predicted octanol–water partition coefficient (Wildman–Crippen LogP) is 3.08. The largest absolute Gasteiger partial charge is 0.361 e. The summed E-state index contributed by atoms with van der Waals surface area (Å²) in [6, 6.07) is 1.80. The zero-order valence-corrected chi connectivity index (χ0v) is 12.9. The first kappa shape index (κ1) is 13.3. The minimum absolute atomic E-state index is 0.0775. The quantitative estimate of drug-likeness (QED) is 0.739. The maximum Gasteiger partial charge on any atom is 0.263 e. The third-order valence-corrected chi connectivity index (χ3v) is 4.75. The molecule has 1 N–H and O–H groups in total. The molecule has 0 fully saturated rings. The Kier molecular flexibility index (Phi) is 3.10. The normalized spacial score (nSPS) is 11.3. The lowest BCUT2D eigenvalue weighted by Crippen LogP contribution is -2.22. The van der Waals surface area contributed by atoms with Crippen molar-refractivity contribution in [1.29, 1.82) is 0 Å². The zero-order valence-electron chi connectivity index (χ0n) is 11.3. The summed E-state index contributed by atoms with van der Waals surface area (Å²) >= 11 is 6.84. The smallest absolute Gasteiger partial charge is 0.263 e. The van der Waals surface area contributed by atoms with Crippen LogP contribution < -0.4 is 5.56 Å². The molecule has 0 aliphatic carbocycles. The number of H-pyrrole nitrogens is 1. The molecule has 3 aromatic rings. The summed E-state index contributed by atoms with van der Waals surface area (Å²) in [5.41, 5.74) is 1.62. The highest BCUT2D eigenvalue weighted by atomic mass is 32.1. The summed E-state index contributed by atoms with van der Waals surface area (Å²) in [7, 11) is 0. The Hall–Kier alpha value is -1.73. The molecule has 0 bridgehead atoms. The molecule has 0 saturated carbocycles. The predicted molar refractivity (Wildman–Crippen MR) is 81.1 cm³/mol. The first-order valence-corrected chi connectivity index (χ1v) is 7.35. The van der Waals surface area contributed by atoms with Crippen LogP contribution in [0.5, 0.6) is 0 Å². The van der Waals surface area contributed by atoms with Crippen molar-refractivity contribution in [3.8, 4) is 0 Å². The van der Waals surface area contributed by atoms with Crippen LogP contribution in [0.25, 0.3) is 10.2 Å². The van der Waals surface area contributed by atoms with E-state index in [2.05, 4.69) is 10.1 Å². The maximum atomic E-state index is 12.6. The third kappa shape index (κ3) is 2.03. The number of nitrogens with zero attached hydrogens (tertiary/aromatic N) is 2. The average molecular weight is 307 g/mol. The summed E-state index contributed by atoms with van der Waals surface area (Å²) in [5.74, 6) is 0.714. The van der Waals surface area contributed by atoms with Gasteiger partial charge in [-0.05, 0) is 38.6 Å². The van der Waals surface area contributed by atoms with E-state index in [9.17, 15) is 4.79 Å². The number of hydrogen-bond acceptors (Lipinski definition) is 5. The second kappa shape index (κ2) is 4.68. The van der Waals surface area contributed by atoms with Crippen LogP contribution >= 0.6 is 23.6 Å². The number of thiophene rings is 1. The Bertz CT molecular complexity index is 914. The highest BCUT2D eigenvalue weighted by Gasteiger charge is 2.13. The fraction of sp³-hybridized carbons (Fsp3) is 0.308. The van der Waals surface area contributed by atoms with Crippen LogP contribution in [0.3, 0.4) is 0 Å². The van der Waals surface area contributed by atoms with Crippen LogP contribution in [0.15, 0.2) is 15.4 Å². The summed E-state index contributed by atoms with van der Waals surface area (Å²) in [5, 5.41) is 4.62. The van der Waals surface area contributed by atoms with Crippen LogP contribution in [0, 0.1) is 25.5 Å². The van der Waals surface area contributed by atoms with E-state index in [1.165, 1.54) is 4.57 Å². The Labute approximate surface area is 123 Å². The molecule has 0 amide bonds. The van der Waals surface area contributed by atoms with Crippen molar-refractivity contribution in [2.45, 2.75) is 27.3 Å². The molecule has 3 heterocycles. The van der Waals surface area contributed by atoms with Gasteiger partial charge in [0.2, 0.25) is 0 Å². The van der Waals surface area contributed by atoms with Crippen LogP contribution in [0.2, 0.25) is 0 Å². The van der Waals surface area contributed by atoms with Crippen molar-refractivity contribution in [2.24, 2.45) is 0 Å². The minimum atomic E-state index is -0.0775. The van der Waals surface area contributed by atoms with Crippen molar-refractivity contribution in [1.82, 2.24) is 14.7 Å². The van der Waals surface area contributed by atoms with Gasteiger partial charge in [0, 0.05) is 10.9 Å². The summed E-state index contributed by atoms with van der Waals surface area (Å²) in [6.45, 7) is 6.09. The lowest BCUT2D eigenvalue weighted by Gasteiger charge is -2.04. The molecular formula is C13H13N3O2S2. The highest BCUT2D eigenvalue weighted by Crippen LogP contribution is 2.25. The molecule has 104 valence electrons. The number of hydrogen-bond donors (Lipinski definition) is 1. The molecule has 0 saturated heterocycles. The van der Waals surface area contributed by atoms with Crippen molar-refractivity contribution in [3.63, 3.8) is 0 Å². The van der Waals surface area contributed by atoms with E-state index in [4.69, 9.17) is 16.7 Å². The molecule has 0 aromatic carbocycles. The zero-order chi connectivity index (χ0) is 14.4. The van der Waals surface area contributed by atoms with Crippen molar-refractivity contribution in [2.75, 3.05) is 0 Å². The van der Waals surface area contributed by atoms with Crippen molar-refractivity contribution < 1.29 is 4.52 Å². The van der Waals surface area contributed by atoms with Gasteiger partial charge >= 0.3 is 0 Å². The van der Waals surface area contributed by atoms with Gasteiger partial charge in [-0.25, -0.2) is 0 Å². The fourth-order valence-corrected chi connectivity index (χ4v) is 3.53. The maximum absolute atomic E-state index is 12.6. The molecule has 0 aliphatic heterocycles. The van der Waals surface area contributed by atoms with E-state index in [-0.39, 0.29) is 5.56 Å². The molecule has 0 spiro atoms. The Morgan fingerprint density at radius 1 is 1.45 bits per heavy atom. The van der Waals surface area contributed by atoms with Gasteiger partial charge < -0.3 is 9.51 Å². The average Bonchev–Trinajstić information content (AvgIpc) is 2.90.